The molecule has 0 saturated carbocycles. The quantitative estimate of drug-likeness (QED) is 0.799. The molecule has 6 heteroatoms. The SMILES string of the molecule is CN(C)C(CNS(C)(=O)=O)c1ccco1. The lowest BCUT2D eigenvalue weighted by molar-refractivity contribution is 0.259. The van der Waals surface area contributed by atoms with Crippen LogP contribution in [-0.2, 0) is 10.0 Å². The second kappa shape index (κ2) is 4.78. The molecule has 1 N–H and O–H groups in total. The molecular weight excluding hydrogens is 216 g/mol. The first-order chi connectivity index (χ1) is 6.90. The molecule has 0 bridgehead atoms. The molecule has 0 saturated heterocycles. The van der Waals surface area contributed by atoms with Gasteiger partial charge in [-0.25, -0.2) is 13.1 Å². The molecule has 1 unspecified atom stereocenters. The molecule has 0 aliphatic heterocycles. The second-order valence-corrected chi connectivity index (χ2v) is 5.45. The summed E-state index contributed by atoms with van der Waals surface area (Å²) in [4.78, 5) is 1.90. The molecule has 1 aromatic rings. The third-order valence-electron chi connectivity index (χ3n) is 2.03. The van der Waals surface area contributed by atoms with E-state index in [1.807, 2.05) is 25.1 Å². The van der Waals surface area contributed by atoms with Crippen molar-refractivity contribution in [2.45, 2.75) is 6.04 Å². The van der Waals surface area contributed by atoms with Gasteiger partial charge < -0.3 is 4.42 Å². The number of sulfonamides is 1. The van der Waals surface area contributed by atoms with Gasteiger partial charge in [0.25, 0.3) is 0 Å². The second-order valence-electron chi connectivity index (χ2n) is 3.62. The van der Waals surface area contributed by atoms with Crippen molar-refractivity contribution in [1.82, 2.24) is 9.62 Å². The summed E-state index contributed by atoms with van der Waals surface area (Å²) >= 11 is 0. The first-order valence-electron chi connectivity index (χ1n) is 4.54. The number of nitrogens with one attached hydrogen (secondary N) is 1. The molecule has 0 fully saturated rings. The Morgan fingerprint density at radius 1 is 1.53 bits per heavy atom. The largest absolute Gasteiger partial charge is 0.468 e. The van der Waals surface area contributed by atoms with Crippen LogP contribution in [0.2, 0.25) is 0 Å². The summed E-state index contributed by atoms with van der Waals surface area (Å²) in [5.41, 5.74) is 0. The standard InChI is InChI=1S/C9H16N2O3S/c1-11(2)8(7-10-15(3,12)13)9-5-4-6-14-9/h4-6,8,10H,7H2,1-3H3. The third-order valence-corrected chi connectivity index (χ3v) is 2.72. The highest BCUT2D eigenvalue weighted by Crippen LogP contribution is 2.17. The van der Waals surface area contributed by atoms with Gasteiger partial charge in [0.05, 0.1) is 18.6 Å². The zero-order valence-corrected chi connectivity index (χ0v) is 9.91. The van der Waals surface area contributed by atoms with Gasteiger partial charge in [0.1, 0.15) is 5.76 Å². The van der Waals surface area contributed by atoms with Crippen LogP contribution >= 0.6 is 0 Å². The van der Waals surface area contributed by atoms with E-state index in [9.17, 15) is 8.42 Å². The maximum absolute atomic E-state index is 11.0. The van der Waals surface area contributed by atoms with Crippen LogP contribution in [0.5, 0.6) is 0 Å². The van der Waals surface area contributed by atoms with E-state index in [0.717, 1.165) is 12.0 Å². The van der Waals surface area contributed by atoms with Crippen molar-refractivity contribution < 1.29 is 12.8 Å². The fourth-order valence-corrected chi connectivity index (χ4v) is 1.71. The van der Waals surface area contributed by atoms with Gasteiger partial charge >= 0.3 is 0 Å². The molecular formula is C9H16N2O3S. The fourth-order valence-electron chi connectivity index (χ4n) is 1.25. The molecule has 1 aromatic heterocycles. The molecule has 1 atom stereocenters. The Morgan fingerprint density at radius 3 is 2.60 bits per heavy atom. The maximum atomic E-state index is 11.0. The van der Waals surface area contributed by atoms with Gasteiger partial charge in [0.2, 0.25) is 10.0 Å². The van der Waals surface area contributed by atoms with Gasteiger partial charge in [0, 0.05) is 6.54 Å². The van der Waals surface area contributed by atoms with Crippen molar-refractivity contribution in [3.63, 3.8) is 0 Å². The van der Waals surface area contributed by atoms with Gasteiger partial charge in [-0.2, -0.15) is 0 Å². The number of likely N-dealkylation sites (N-methyl/N-ethyl adjacent to an activating group) is 1. The lowest BCUT2D eigenvalue weighted by Crippen LogP contribution is -2.33. The van der Waals surface area contributed by atoms with Crippen molar-refractivity contribution >= 4 is 10.0 Å². The highest BCUT2D eigenvalue weighted by atomic mass is 32.2. The van der Waals surface area contributed by atoms with E-state index in [0.29, 0.717) is 6.54 Å². The Labute approximate surface area is 90.1 Å². The van der Waals surface area contributed by atoms with E-state index in [2.05, 4.69) is 4.72 Å². The van der Waals surface area contributed by atoms with E-state index >= 15 is 0 Å². The molecule has 0 aliphatic rings. The molecule has 0 aliphatic carbocycles. The molecule has 5 nitrogen and oxygen atoms in total. The number of nitrogens with zero attached hydrogens (tertiary/aromatic N) is 1. The zero-order valence-electron chi connectivity index (χ0n) is 9.10. The van der Waals surface area contributed by atoms with Gasteiger partial charge in [-0.1, -0.05) is 0 Å². The van der Waals surface area contributed by atoms with Crippen molar-refractivity contribution in [2.75, 3.05) is 26.9 Å². The van der Waals surface area contributed by atoms with Crippen LogP contribution in [0.15, 0.2) is 22.8 Å². The highest BCUT2D eigenvalue weighted by Gasteiger charge is 2.18. The fraction of sp³-hybridized carbons (Fsp3) is 0.556. The van der Waals surface area contributed by atoms with Crippen LogP contribution in [0, 0.1) is 0 Å². The van der Waals surface area contributed by atoms with E-state index in [4.69, 9.17) is 4.42 Å². The van der Waals surface area contributed by atoms with Crippen LogP contribution in [-0.4, -0.2) is 40.2 Å². The number of furan rings is 1. The van der Waals surface area contributed by atoms with E-state index in [-0.39, 0.29) is 6.04 Å². The predicted molar refractivity (Wildman–Crippen MR) is 58.0 cm³/mol. The average molecular weight is 232 g/mol. The summed E-state index contributed by atoms with van der Waals surface area (Å²) in [6, 6.07) is 3.52. The molecule has 0 aromatic carbocycles. The van der Waals surface area contributed by atoms with Crippen LogP contribution in [0.1, 0.15) is 11.8 Å². The normalized spacial score (nSPS) is 14.4. The van der Waals surface area contributed by atoms with Crippen LogP contribution < -0.4 is 4.72 Å². The highest BCUT2D eigenvalue weighted by molar-refractivity contribution is 7.88. The zero-order chi connectivity index (χ0) is 11.5. The maximum Gasteiger partial charge on any atom is 0.208 e. The van der Waals surface area contributed by atoms with Crippen LogP contribution in [0.25, 0.3) is 0 Å². The topological polar surface area (TPSA) is 62.6 Å². The van der Waals surface area contributed by atoms with Gasteiger partial charge in [-0.3, -0.25) is 4.90 Å². The Morgan fingerprint density at radius 2 is 2.20 bits per heavy atom. The molecule has 0 radical (unpaired) electrons. The van der Waals surface area contributed by atoms with Crippen LogP contribution in [0.4, 0.5) is 0 Å². The minimum absolute atomic E-state index is 0.0882. The summed E-state index contributed by atoms with van der Waals surface area (Å²) in [5, 5.41) is 0. The first kappa shape index (κ1) is 12.2. The number of rotatable bonds is 5. The van der Waals surface area contributed by atoms with E-state index < -0.39 is 10.0 Å². The monoisotopic (exact) mass is 232 g/mol. The van der Waals surface area contributed by atoms with Crippen molar-refractivity contribution in [3.05, 3.63) is 24.2 Å². The van der Waals surface area contributed by atoms with Crippen molar-refractivity contribution in [3.8, 4) is 0 Å². The Kier molecular flexibility index (Phi) is 3.90. The van der Waals surface area contributed by atoms with Crippen molar-refractivity contribution in [1.29, 1.82) is 0 Å². The van der Waals surface area contributed by atoms with Crippen LogP contribution in [0.3, 0.4) is 0 Å². The lowest BCUT2D eigenvalue weighted by Gasteiger charge is -2.21. The molecule has 0 spiro atoms. The van der Waals surface area contributed by atoms with E-state index in [1.165, 1.54) is 0 Å². The Hall–Kier alpha value is -0.850. The van der Waals surface area contributed by atoms with Gasteiger partial charge in [-0.15, -0.1) is 0 Å². The Bertz CT molecular complexity index is 383. The summed E-state index contributed by atoms with van der Waals surface area (Å²) in [7, 11) is 0.582. The lowest BCUT2D eigenvalue weighted by atomic mass is 10.2. The minimum Gasteiger partial charge on any atom is -0.468 e. The smallest absolute Gasteiger partial charge is 0.208 e. The van der Waals surface area contributed by atoms with Gasteiger partial charge in [-0.05, 0) is 26.2 Å². The first-order valence-corrected chi connectivity index (χ1v) is 6.44. The van der Waals surface area contributed by atoms with E-state index in [1.54, 1.807) is 12.3 Å². The Balaban J connectivity index is 2.69. The molecule has 15 heavy (non-hydrogen) atoms. The molecule has 1 heterocycles. The molecule has 0 amide bonds. The number of hydrogen-bond acceptors (Lipinski definition) is 4. The predicted octanol–water partition coefficient (Wildman–Crippen LogP) is 0.432. The summed E-state index contributed by atoms with van der Waals surface area (Å²) in [6.07, 6.45) is 2.72. The summed E-state index contributed by atoms with van der Waals surface area (Å²) in [6.45, 7) is 0.305. The molecule has 86 valence electrons. The van der Waals surface area contributed by atoms with Crippen molar-refractivity contribution in [2.24, 2.45) is 0 Å². The van der Waals surface area contributed by atoms with Gasteiger partial charge in [0.15, 0.2) is 0 Å². The number of hydrogen-bond donors (Lipinski definition) is 1. The average Bonchev–Trinajstić information content (AvgIpc) is 2.54. The summed E-state index contributed by atoms with van der Waals surface area (Å²) in [5.74, 6) is 0.746. The third kappa shape index (κ3) is 4.03. The molecule has 1 rings (SSSR count). The minimum atomic E-state index is -3.16. The summed E-state index contributed by atoms with van der Waals surface area (Å²) < 4.78 is 29.6.